The summed E-state index contributed by atoms with van der Waals surface area (Å²) < 4.78 is 0. The van der Waals surface area contributed by atoms with Gasteiger partial charge in [-0.3, -0.25) is 0 Å². The Morgan fingerprint density at radius 3 is 2.39 bits per heavy atom. The fourth-order valence-electron chi connectivity index (χ4n) is 3.96. The van der Waals surface area contributed by atoms with Gasteiger partial charge in [-0.05, 0) is 55.1 Å². The second kappa shape index (κ2) is 5.44. The van der Waals surface area contributed by atoms with Crippen LogP contribution in [0.1, 0.15) is 49.7 Å². The van der Waals surface area contributed by atoms with Crippen molar-refractivity contribution in [3.05, 3.63) is 35.4 Å². The standard InChI is InChI=1S/C17H25N/c18-17(14-7-2-1-3-8-14)16-11-10-13-6-4-5-9-15(13)12-16/h4-6,9,14,16-17H,1-3,7-8,10-12,18H2. The molecule has 2 atom stereocenters. The highest BCUT2D eigenvalue weighted by atomic mass is 14.7. The van der Waals surface area contributed by atoms with Crippen LogP contribution in [0.4, 0.5) is 0 Å². The molecule has 1 heteroatoms. The third-order valence-corrected chi connectivity index (χ3v) is 5.12. The van der Waals surface area contributed by atoms with Crippen molar-refractivity contribution in [3.63, 3.8) is 0 Å². The normalized spacial score (nSPS) is 26.6. The van der Waals surface area contributed by atoms with Gasteiger partial charge < -0.3 is 5.73 Å². The first kappa shape index (κ1) is 12.2. The van der Waals surface area contributed by atoms with E-state index in [0.29, 0.717) is 6.04 Å². The first-order valence-electron chi connectivity index (χ1n) is 7.67. The summed E-state index contributed by atoms with van der Waals surface area (Å²) in [7, 11) is 0. The monoisotopic (exact) mass is 243 g/mol. The van der Waals surface area contributed by atoms with E-state index in [4.69, 9.17) is 5.73 Å². The molecule has 18 heavy (non-hydrogen) atoms. The van der Waals surface area contributed by atoms with Crippen molar-refractivity contribution in [1.29, 1.82) is 0 Å². The molecule has 98 valence electrons. The molecular formula is C17H25N. The van der Waals surface area contributed by atoms with Crippen molar-refractivity contribution < 1.29 is 0 Å². The zero-order valence-electron chi connectivity index (χ0n) is 11.3. The Labute approximate surface area is 111 Å². The zero-order valence-corrected chi connectivity index (χ0v) is 11.3. The minimum Gasteiger partial charge on any atom is -0.327 e. The highest BCUT2D eigenvalue weighted by molar-refractivity contribution is 5.30. The molecule has 0 aliphatic heterocycles. The zero-order chi connectivity index (χ0) is 12.4. The molecule has 0 spiro atoms. The average Bonchev–Trinajstić information content (AvgIpc) is 2.47. The summed E-state index contributed by atoms with van der Waals surface area (Å²) in [5, 5.41) is 0. The molecule has 2 N–H and O–H groups in total. The van der Waals surface area contributed by atoms with Gasteiger partial charge in [0.2, 0.25) is 0 Å². The Morgan fingerprint density at radius 2 is 1.61 bits per heavy atom. The van der Waals surface area contributed by atoms with Crippen molar-refractivity contribution in [3.8, 4) is 0 Å². The van der Waals surface area contributed by atoms with E-state index in [0.717, 1.165) is 11.8 Å². The Bertz CT molecular complexity index is 392. The van der Waals surface area contributed by atoms with Crippen molar-refractivity contribution in [2.45, 2.75) is 57.4 Å². The van der Waals surface area contributed by atoms with Crippen LogP contribution in [-0.4, -0.2) is 6.04 Å². The number of hydrogen-bond donors (Lipinski definition) is 1. The predicted octanol–water partition coefficient (Wildman–Crippen LogP) is 3.70. The lowest BCUT2D eigenvalue weighted by atomic mass is 9.73. The maximum Gasteiger partial charge on any atom is 0.00989 e. The van der Waals surface area contributed by atoms with Crippen LogP contribution >= 0.6 is 0 Å². The lowest BCUT2D eigenvalue weighted by Crippen LogP contribution is -2.41. The Balaban J connectivity index is 1.67. The lowest BCUT2D eigenvalue weighted by Gasteiger charge is -2.36. The first-order chi connectivity index (χ1) is 8.84. The third-order valence-electron chi connectivity index (χ3n) is 5.12. The lowest BCUT2D eigenvalue weighted by molar-refractivity contribution is 0.229. The van der Waals surface area contributed by atoms with Gasteiger partial charge in [-0.1, -0.05) is 43.5 Å². The third kappa shape index (κ3) is 2.47. The number of nitrogens with two attached hydrogens (primary N) is 1. The average molecular weight is 243 g/mol. The van der Waals surface area contributed by atoms with Gasteiger partial charge in [-0.2, -0.15) is 0 Å². The predicted molar refractivity (Wildman–Crippen MR) is 76.5 cm³/mol. The fourth-order valence-corrected chi connectivity index (χ4v) is 3.96. The van der Waals surface area contributed by atoms with Gasteiger partial charge in [-0.25, -0.2) is 0 Å². The topological polar surface area (TPSA) is 26.0 Å². The Hall–Kier alpha value is -0.820. The molecule has 0 bridgehead atoms. The summed E-state index contributed by atoms with van der Waals surface area (Å²) in [4.78, 5) is 0. The van der Waals surface area contributed by atoms with Gasteiger partial charge in [0, 0.05) is 6.04 Å². The van der Waals surface area contributed by atoms with Crippen LogP contribution in [0.5, 0.6) is 0 Å². The summed E-state index contributed by atoms with van der Waals surface area (Å²) in [6, 6.07) is 9.37. The van der Waals surface area contributed by atoms with E-state index in [1.807, 2.05) is 0 Å². The van der Waals surface area contributed by atoms with E-state index in [1.54, 1.807) is 11.1 Å². The van der Waals surface area contributed by atoms with E-state index >= 15 is 0 Å². The smallest absolute Gasteiger partial charge is 0.00989 e. The van der Waals surface area contributed by atoms with Gasteiger partial charge in [0.25, 0.3) is 0 Å². The number of aryl methyl sites for hydroxylation is 1. The summed E-state index contributed by atoms with van der Waals surface area (Å²) in [5.41, 5.74) is 9.70. The van der Waals surface area contributed by atoms with Gasteiger partial charge in [-0.15, -0.1) is 0 Å². The molecule has 0 saturated heterocycles. The molecule has 1 aromatic rings. The van der Waals surface area contributed by atoms with Crippen LogP contribution < -0.4 is 5.73 Å². The molecule has 2 unspecified atom stereocenters. The number of rotatable bonds is 2. The maximum atomic E-state index is 6.58. The summed E-state index contributed by atoms with van der Waals surface area (Å²) >= 11 is 0. The molecular weight excluding hydrogens is 218 g/mol. The maximum absolute atomic E-state index is 6.58. The summed E-state index contributed by atoms with van der Waals surface area (Å²) in [6.07, 6.45) is 10.7. The van der Waals surface area contributed by atoms with Crippen LogP contribution in [0, 0.1) is 11.8 Å². The minimum atomic E-state index is 0.443. The second-order valence-corrected chi connectivity index (χ2v) is 6.25. The molecule has 2 aliphatic carbocycles. The first-order valence-corrected chi connectivity index (χ1v) is 7.67. The number of hydrogen-bond acceptors (Lipinski definition) is 1. The highest BCUT2D eigenvalue weighted by Crippen LogP contribution is 2.34. The summed E-state index contributed by atoms with van der Waals surface area (Å²) in [5.74, 6) is 1.53. The van der Waals surface area contributed by atoms with Crippen molar-refractivity contribution in [1.82, 2.24) is 0 Å². The van der Waals surface area contributed by atoms with E-state index in [-0.39, 0.29) is 0 Å². The van der Waals surface area contributed by atoms with E-state index < -0.39 is 0 Å². The van der Waals surface area contributed by atoms with Gasteiger partial charge in [0.05, 0.1) is 0 Å². The molecule has 0 heterocycles. The largest absolute Gasteiger partial charge is 0.327 e. The number of benzene rings is 1. The second-order valence-electron chi connectivity index (χ2n) is 6.25. The molecule has 1 fully saturated rings. The van der Waals surface area contributed by atoms with Crippen molar-refractivity contribution in [2.75, 3.05) is 0 Å². The molecule has 1 nitrogen and oxygen atoms in total. The molecule has 3 rings (SSSR count). The Morgan fingerprint density at radius 1 is 0.889 bits per heavy atom. The molecule has 1 aromatic carbocycles. The van der Waals surface area contributed by atoms with Crippen LogP contribution in [0.25, 0.3) is 0 Å². The summed E-state index contributed by atoms with van der Waals surface area (Å²) in [6.45, 7) is 0. The SMILES string of the molecule is NC(C1CCCCC1)C1CCc2ccccc2C1. The van der Waals surface area contributed by atoms with Crippen LogP contribution in [-0.2, 0) is 12.8 Å². The van der Waals surface area contributed by atoms with E-state index in [1.165, 1.54) is 51.4 Å². The Kier molecular flexibility index (Phi) is 3.69. The molecule has 1 saturated carbocycles. The van der Waals surface area contributed by atoms with Crippen molar-refractivity contribution in [2.24, 2.45) is 17.6 Å². The minimum absolute atomic E-state index is 0.443. The number of fused-ring (bicyclic) bond motifs is 1. The van der Waals surface area contributed by atoms with Crippen LogP contribution in [0.2, 0.25) is 0 Å². The molecule has 0 amide bonds. The van der Waals surface area contributed by atoms with Gasteiger partial charge in [0.1, 0.15) is 0 Å². The van der Waals surface area contributed by atoms with Gasteiger partial charge >= 0.3 is 0 Å². The molecule has 0 aromatic heterocycles. The van der Waals surface area contributed by atoms with Gasteiger partial charge in [0.15, 0.2) is 0 Å². The molecule has 0 radical (unpaired) electrons. The van der Waals surface area contributed by atoms with Crippen LogP contribution in [0.15, 0.2) is 24.3 Å². The van der Waals surface area contributed by atoms with Crippen LogP contribution in [0.3, 0.4) is 0 Å². The van der Waals surface area contributed by atoms with Crippen molar-refractivity contribution >= 4 is 0 Å². The highest BCUT2D eigenvalue weighted by Gasteiger charge is 2.29. The van der Waals surface area contributed by atoms with E-state index in [2.05, 4.69) is 24.3 Å². The quantitative estimate of drug-likeness (QED) is 0.842. The fraction of sp³-hybridized carbons (Fsp3) is 0.647. The van der Waals surface area contributed by atoms with E-state index in [9.17, 15) is 0 Å². The molecule has 2 aliphatic rings.